The molecule has 1 heterocycles. The van der Waals surface area contributed by atoms with Crippen LogP contribution < -0.4 is 9.47 Å². The van der Waals surface area contributed by atoms with E-state index in [-0.39, 0.29) is 22.6 Å². The topological polar surface area (TPSA) is 48.0 Å². The maximum Gasteiger partial charge on any atom is 0.343 e. The monoisotopic (exact) mass is 443 g/mol. The van der Waals surface area contributed by atoms with Crippen LogP contribution in [0.1, 0.15) is 47.2 Å². The van der Waals surface area contributed by atoms with E-state index in [1.54, 1.807) is 20.3 Å². The van der Waals surface area contributed by atoms with Crippen molar-refractivity contribution >= 4 is 5.97 Å². The lowest BCUT2D eigenvalue weighted by atomic mass is 9.68. The maximum atomic E-state index is 13.3. The molecular formula is C25H27F2NO4. The number of hydrogen-bond acceptors (Lipinski definition) is 5. The van der Waals surface area contributed by atoms with E-state index in [1.807, 2.05) is 25.3 Å². The first kappa shape index (κ1) is 22.3. The fourth-order valence-electron chi connectivity index (χ4n) is 4.99. The molecule has 2 aromatic rings. The third kappa shape index (κ3) is 3.86. The molecule has 0 N–H and O–H groups in total. The number of nitrogens with zero attached hydrogens (tertiary/aromatic N) is 1. The highest BCUT2D eigenvalue weighted by molar-refractivity contribution is 5.91. The average Bonchev–Trinajstić information content (AvgIpc) is 3.15. The van der Waals surface area contributed by atoms with Gasteiger partial charge in [0.25, 0.3) is 6.43 Å². The van der Waals surface area contributed by atoms with Crippen molar-refractivity contribution < 1.29 is 27.8 Å². The summed E-state index contributed by atoms with van der Waals surface area (Å²) in [6.45, 7) is 0.894. The van der Waals surface area contributed by atoms with Crippen LogP contribution >= 0.6 is 0 Å². The number of rotatable bonds is 6. The number of fused-ring (bicyclic) bond motifs is 1. The molecule has 1 aliphatic heterocycles. The normalized spacial score (nSPS) is 22.9. The summed E-state index contributed by atoms with van der Waals surface area (Å²) in [7, 11) is 5.27. The molecule has 2 atom stereocenters. The predicted molar refractivity (Wildman–Crippen MR) is 116 cm³/mol. The van der Waals surface area contributed by atoms with Gasteiger partial charge in [-0.2, -0.15) is 0 Å². The number of carbonyl (C=O) groups is 1. The molecule has 0 bridgehead atoms. The lowest BCUT2D eigenvalue weighted by Gasteiger charge is -2.40. The number of allylic oxidation sites excluding steroid dienone is 1. The van der Waals surface area contributed by atoms with Gasteiger partial charge in [0.05, 0.1) is 19.8 Å². The molecule has 2 unspecified atom stereocenters. The van der Waals surface area contributed by atoms with Crippen molar-refractivity contribution in [3.63, 3.8) is 0 Å². The highest BCUT2D eigenvalue weighted by Gasteiger charge is 2.48. The number of alkyl halides is 2. The molecule has 1 saturated heterocycles. The van der Waals surface area contributed by atoms with Gasteiger partial charge in [0.15, 0.2) is 11.5 Å². The molecule has 2 aliphatic rings. The largest absolute Gasteiger partial charge is 0.493 e. The lowest BCUT2D eigenvalue weighted by molar-refractivity contribution is 0.0582. The molecule has 0 saturated carbocycles. The van der Waals surface area contributed by atoms with Crippen LogP contribution in [-0.2, 0) is 10.2 Å². The number of likely N-dealkylation sites (tertiary alicyclic amines) is 1. The van der Waals surface area contributed by atoms with Crippen molar-refractivity contribution in [1.82, 2.24) is 4.90 Å². The van der Waals surface area contributed by atoms with E-state index in [9.17, 15) is 13.6 Å². The average molecular weight is 443 g/mol. The summed E-state index contributed by atoms with van der Waals surface area (Å²) < 4.78 is 43.1. The fourth-order valence-corrected chi connectivity index (χ4v) is 4.99. The van der Waals surface area contributed by atoms with E-state index in [2.05, 4.69) is 11.0 Å². The molecule has 2 aromatic carbocycles. The highest BCUT2D eigenvalue weighted by Crippen LogP contribution is 2.49. The Hall–Kier alpha value is -2.93. The number of likely N-dealkylation sites (N-methyl/N-ethyl adjacent to an activating group) is 1. The SMILES string of the molecule is COc1ccc(C23CCC(OC(=O)c4ccccc4C(F)F)=CC2N(C)CC3)cc1OC. The van der Waals surface area contributed by atoms with Crippen molar-refractivity contribution in [3.8, 4) is 11.5 Å². The summed E-state index contributed by atoms with van der Waals surface area (Å²) in [5.41, 5.74) is 0.589. The van der Waals surface area contributed by atoms with Crippen LogP contribution in [0.4, 0.5) is 8.78 Å². The van der Waals surface area contributed by atoms with Crippen molar-refractivity contribution in [1.29, 1.82) is 0 Å². The summed E-state index contributed by atoms with van der Waals surface area (Å²) in [5.74, 6) is 1.13. The Morgan fingerprint density at radius 2 is 1.84 bits per heavy atom. The second-order valence-corrected chi connectivity index (χ2v) is 8.31. The van der Waals surface area contributed by atoms with Gasteiger partial charge >= 0.3 is 5.97 Å². The van der Waals surface area contributed by atoms with E-state index in [1.165, 1.54) is 18.2 Å². The first-order valence-electron chi connectivity index (χ1n) is 10.6. The molecule has 0 radical (unpaired) electrons. The van der Waals surface area contributed by atoms with Crippen LogP contribution in [0.3, 0.4) is 0 Å². The summed E-state index contributed by atoms with van der Waals surface area (Å²) in [5, 5.41) is 0. The first-order chi connectivity index (χ1) is 15.4. The van der Waals surface area contributed by atoms with Crippen LogP contribution in [-0.4, -0.2) is 44.7 Å². The zero-order valence-electron chi connectivity index (χ0n) is 18.4. The predicted octanol–water partition coefficient (Wildman–Crippen LogP) is 5.12. The van der Waals surface area contributed by atoms with Crippen molar-refractivity contribution in [3.05, 3.63) is 71.0 Å². The van der Waals surface area contributed by atoms with E-state index in [4.69, 9.17) is 14.2 Å². The number of carbonyl (C=O) groups excluding carboxylic acids is 1. The molecule has 32 heavy (non-hydrogen) atoms. The Labute approximate surface area is 186 Å². The van der Waals surface area contributed by atoms with Crippen LogP contribution in [0.15, 0.2) is 54.3 Å². The molecular weight excluding hydrogens is 416 g/mol. The van der Waals surface area contributed by atoms with E-state index in [0.717, 1.165) is 24.9 Å². The van der Waals surface area contributed by atoms with Crippen LogP contribution in [0.2, 0.25) is 0 Å². The molecule has 0 spiro atoms. The molecule has 0 aromatic heterocycles. The molecule has 170 valence electrons. The van der Waals surface area contributed by atoms with Crippen LogP contribution in [0, 0.1) is 0 Å². The Kier molecular flexibility index (Phi) is 6.20. The van der Waals surface area contributed by atoms with Gasteiger partial charge in [0.1, 0.15) is 5.76 Å². The Morgan fingerprint density at radius 1 is 1.09 bits per heavy atom. The molecule has 5 nitrogen and oxygen atoms in total. The summed E-state index contributed by atoms with van der Waals surface area (Å²) in [6.07, 6.45) is 1.50. The Balaban J connectivity index is 1.62. The summed E-state index contributed by atoms with van der Waals surface area (Å²) in [4.78, 5) is 14.9. The third-order valence-electron chi connectivity index (χ3n) is 6.71. The minimum atomic E-state index is -2.74. The Bertz CT molecular complexity index is 1040. The molecule has 0 amide bonds. The third-order valence-corrected chi connectivity index (χ3v) is 6.71. The fraction of sp³-hybridized carbons (Fsp3) is 0.400. The second-order valence-electron chi connectivity index (χ2n) is 8.31. The number of halogens is 2. The van der Waals surface area contributed by atoms with E-state index >= 15 is 0 Å². The van der Waals surface area contributed by atoms with E-state index < -0.39 is 12.4 Å². The minimum absolute atomic E-state index is 0.0162. The van der Waals surface area contributed by atoms with Gasteiger partial charge in [-0.05, 0) is 56.3 Å². The zero-order valence-corrected chi connectivity index (χ0v) is 18.4. The van der Waals surface area contributed by atoms with Crippen LogP contribution in [0.5, 0.6) is 11.5 Å². The first-order valence-corrected chi connectivity index (χ1v) is 10.6. The number of benzene rings is 2. The van der Waals surface area contributed by atoms with Gasteiger partial charge in [-0.1, -0.05) is 24.3 Å². The van der Waals surface area contributed by atoms with Gasteiger partial charge < -0.3 is 14.2 Å². The molecule has 1 aliphatic carbocycles. The summed E-state index contributed by atoms with van der Waals surface area (Å²) in [6, 6.07) is 11.7. The molecule has 4 rings (SSSR count). The molecule has 1 fully saturated rings. The summed E-state index contributed by atoms with van der Waals surface area (Å²) >= 11 is 0. The van der Waals surface area contributed by atoms with Gasteiger partial charge in [0, 0.05) is 23.4 Å². The lowest BCUT2D eigenvalue weighted by Crippen LogP contribution is -2.42. The van der Waals surface area contributed by atoms with Crippen LogP contribution in [0.25, 0.3) is 0 Å². The molecule has 7 heteroatoms. The van der Waals surface area contributed by atoms with Crippen molar-refractivity contribution in [2.24, 2.45) is 0 Å². The number of hydrogen-bond donors (Lipinski definition) is 0. The van der Waals surface area contributed by atoms with E-state index in [0.29, 0.717) is 23.7 Å². The minimum Gasteiger partial charge on any atom is -0.493 e. The van der Waals surface area contributed by atoms with Crippen molar-refractivity contribution in [2.75, 3.05) is 27.8 Å². The van der Waals surface area contributed by atoms with Gasteiger partial charge in [-0.3, -0.25) is 4.90 Å². The standard InChI is InChI=1S/C25H27F2NO4/c1-28-13-12-25(16-8-9-20(30-2)21(14-16)31-3)11-10-17(15-22(25)28)32-24(29)19-7-5-4-6-18(19)23(26)27/h4-9,14-15,22-23H,10-13H2,1-3H3. The van der Waals surface area contributed by atoms with Gasteiger partial charge in [-0.25, -0.2) is 13.6 Å². The zero-order chi connectivity index (χ0) is 22.9. The number of esters is 1. The maximum absolute atomic E-state index is 13.3. The smallest absolute Gasteiger partial charge is 0.343 e. The van der Waals surface area contributed by atoms with Gasteiger partial charge in [-0.15, -0.1) is 0 Å². The number of methoxy groups -OCH3 is 2. The quantitative estimate of drug-likeness (QED) is 0.580. The highest BCUT2D eigenvalue weighted by atomic mass is 19.3. The second kappa shape index (κ2) is 8.90. The van der Waals surface area contributed by atoms with Crippen molar-refractivity contribution in [2.45, 2.75) is 37.1 Å². The number of ether oxygens (including phenoxy) is 3. The Morgan fingerprint density at radius 3 is 2.56 bits per heavy atom. The van der Waals surface area contributed by atoms with Gasteiger partial charge in [0.2, 0.25) is 0 Å².